The molecule has 8 nitrogen and oxygen atoms in total. The first-order chi connectivity index (χ1) is 14.5. The number of methoxy groups -OCH3 is 1. The Hall–Kier alpha value is -2.78. The van der Waals surface area contributed by atoms with Crippen LogP contribution < -0.4 is 20.7 Å². The Morgan fingerprint density at radius 2 is 1.97 bits per heavy atom. The van der Waals surface area contributed by atoms with Crippen LogP contribution in [-0.2, 0) is 11.3 Å². The van der Waals surface area contributed by atoms with Crippen molar-refractivity contribution >= 4 is 29.2 Å². The Balaban J connectivity index is 1.68. The molecule has 30 heavy (non-hydrogen) atoms. The maximum absolute atomic E-state index is 5.63. The van der Waals surface area contributed by atoms with Gasteiger partial charge in [-0.1, -0.05) is 12.1 Å². The van der Waals surface area contributed by atoms with E-state index in [0.29, 0.717) is 30.1 Å². The normalized spacial score (nSPS) is 16.2. The van der Waals surface area contributed by atoms with E-state index in [0.717, 1.165) is 42.1 Å². The molecule has 2 heterocycles. The summed E-state index contributed by atoms with van der Waals surface area (Å²) >= 11 is 5.44. The fourth-order valence-electron chi connectivity index (χ4n) is 3.06. The summed E-state index contributed by atoms with van der Waals surface area (Å²) in [6, 6.07) is 9.68. The molecule has 1 aromatic carbocycles. The zero-order valence-electron chi connectivity index (χ0n) is 17.6. The number of benzene rings is 1. The summed E-state index contributed by atoms with van der Waals surface area (Å²) in [6.07, 6.45) is 2.33. The number of ether oxygens (including phenoxy) is 2. The molecule has 3 rings (SSSR count). The van der Waals surface area contributed by atoms with Crippen molar-refractivity contribution in [3.8, 4) is 5.75 Å². The second-order valence-electron chi connectivity index (χ2n) is 7.08. The molecule has 9 heteroatoms. The number of aliphatic imine (C=N–C) groups is 1. The molecule has 1 aliphatic rings. The lowest BCUT2D eigenvalue weighted by atomic mass is 10.2. The molecule has 1 fully saturated rings. The van der Waals surface area contributed by atoms with Gasteiger partial charge in [-0.3, -0.25) is 5.32 Å². The highest BCUT2D eigenvalue weighted by Gasteiger charge is 2.15. The third-order valence-electron chi connectivity index (χ3n) is 4.54. The van der Waals surface area contributed by atoms with Gasteiger partial charge in [0.15, 0.2) is 5.11 Å². The Labute approximate surface area is 182 Å². The number of hydrogen-bond donors (Lipinski definition) is 3. The predicted molar refractivity (Wildman–Crippen MR) is 122 cm³/mol. The van der Waals surface area contributed by atoms with Gasteiger partial charge in [-0.25, -0.2) is 15.0 Å². The predicted octanol–water partition coefficient (Wildman–Crippen LogP) is 2.71. The van der Waals surface area contributed by atoms with E-state index < -0.39 is 0 Å². The first-order valence-corrected chi connectivity index (χ1v) is 10.4. The minimum atomic E-state index is 0.195. The van der Waals surface area contributed by atoms with Crippen molar-refractivity contribution < 1.29 is 9.47 Å². The van der Waals surface area contributed by atoms with Crippen LogP contribution in [0.2, 0.25) is 0 Å². The van der Waals surface area contributed by atoms with Gasteiger partial charge < -0.3 is 20.1 Å². The minimum Gasteiger partial charge on any atom is -0.497 e. The lowest BCUT2D eigenvalue weighted by Crippen LogP contribution is -2.45. The van der Waals surface area contributed by atoms with Crippen molar-refractivity contribution in [1.29, 1.82) is 0 Å². The molecule has 0 amide bonds. The highest BCUT2D eigenvalue weighted by atomic mass is 32.1. The summed E-state index contributed by atoms with van der Waals surface area (Å²) in [5, 5.41) is 9.93. The monoisotopic (exact) mass is 428 g/mol. The van der Waals surface area contributed by atoms with Crippen LogP contribution in [0.5, 0.6) is 5.75 Å². The molecular formula is C21H28N6O2S. The van der Waals surface area contributed by atoms with Crippen molar-refractivity contribution in [2.24, 2.45) is 4.99 Å². The van der Waals surface area contributed by atoms with E-state index in [9.17, 15) is 0 Å². The number of nitrogens with one attached hydrogen (secondary N) is 3. The molecule has 1 aromatic heterocycles. The van der Waals surface area contributed by atoms with Gasteiger partial charge in [-0.2, -0.15) is 0 Å². The lowest BCUT2D eigenvalue weighted by molar-refractivity contribution is 0.114. The topological polar surface area (TPSA) is 92.7 Å². The summed E-state index contributed by atoms with van der Waals surface area (Å²) in [5.41, 5.74) is 2.79. The fourth-order valence-corrected chi connectivity index (χ4v) is 3.24. The molecule has 0 spiro atoms. The molecular weight excluding hydrogens is 400 g/mol. The van der Waals surface area contributed by atoms with Gasteiger partial charge in [-0.05, 0) is 62.7 Å². The maximum atomic E-state index is 5.63. The van der Waals surface area contributed by atoms with E-state index in [2.05, 4.69) is 30.9 Å². The lowest BCUT2D eigenvalue weighted by Gasteiger charge is -2.16. The number of aromatic nitrogens is 2. The van der Waals surface area contributed by atoms with Crippen molar-refractivity contribution in [2.45, 2.75) is 39.3 Å². The molecule has 160 valence electrons. The van der Waals surface area contributed by atoms with Crippen molar-refractivity contribution in [2.75, 3.05) is 25.6 Å². The number of hydrogen-bond acceptors (Lipinski definition) is 6. The van der Waals surface area contributed by atoms with E-state index >= 15 is 0 Å². The number of thiocarbonyl (C=S) groups is 1. The van der Waals surface area contributed by atoms with E-state index in [1.165, 1.54) is 0 Å². The van der Waals surface area contributed by atoms with E-state index in [-0.39, 0.29) is 6.10 Å². The maximum Gasteiger partial charge on any atom is 0.229 e. The molecule has 1 unspecified atom stereocenters. The zero-order chi connectivity index (χ0) is 21.3. The number of rotatable bonds is 6. The minimum absolute atomic E-state index is 0.195. The fraction of sp³-hybridized carbons (Fsp3) is 0.429. The van der Waals surface area contributed by atoms with Gasteiger partial charge in [0.25, 0.3) is 0 Å². The second-order valence-corrected chi connectivity index (χ2v) is 7.49. The molecule has 1 atom stereocenters. The molecule has 1 aliphatic heterocycles. The van der Waals surface area contributed by atoms with Gasteiger partial charge in [0.2, 0.25) is 11.9 Å². The van der Waals surface area contributed by atoms with Crippen LogP contribution in [0.25, 0.3) is 0 Å². The van der Waals surface area contributed by atoms with Crippen LogP contribution in [0.4, 0.5) is 5.95 Å². The van der Waals surface area contributed by atoms with Crippen LogP contribution in [-0.4, -0.2) is 47.4 Å². The smallest absolute Gasteiger partial charge is 0.229 e. The largest absolute Gasteiger partial charge is 0.497 e. The van der Waals surface area contributed by atoms with Crippen LogP contribution in [0.3, 0.4) is 0 Å². The molecule has 0 saturated carbocycles. The SMILES string of the molecule is COc1ccc(CN=C(NC(=S)NCC2CCCO2)Nc2nc(C)cc(C)n2)cc1. The molecule has 3 N–H and O–H groups in total. The summed E-state index contributed by atoms with van der Waals surface area (Å²) in [7, 11) is 1.65. The molecule has 1 saturated heterocycles. The van der Waals surface area contributed by atoms with Crippen molar-refractivity contribution in [1.82, 2.24) is 20.6 Å². The average molecular weight is 429 g/mol. The van der Waals surface area contributed by atoms with Gasteiger partial charge in [0.05, 0.1) is 19.8 Å². The number of aryl methyl sites for hydroxylation is 2. The average Bonchev–Trinajstić information content (AvgIpc) is 3.24. The standard InChI is InChI=1S/C21H28N6O2S/c1-14-11-15(2)25-20(24-14)26-19(22-12-16-6-8-17(28-3)9-7-16)27-21(30)23-13-18-5-4-10-29-18/h6-9,11,18H,4-5,10,12-13H2,1-3H3,(H3,22,23,24,25,26,27,30). The van der Waals surface area contributed by atoms with Gasteiger partial charge in [0, 0.05) is 24.5 Å². The summed E-state index contributed by atoms with van der Waals surface area (Å²) in [6.45, 7) is 5.79. The Bertz CT molecular complexity index is 861. The summed E-state index contributed by atoms with van der Waals surface area (Å²) < 4.78 is 10.8. The first kappa shape index (κ1) is 21.9. The number of guanidine groups is 1. The second kappa shape index (κ2) is 10.8. The third-order valence-corrected chi connectivity index (χ3v) is 4.78. The summed E-state index contributed by atoms with van der Waals surface area (Å²) in [4.78, 5) is 13.5. The highest BCUT2D eigenvalue weighted by Crippen LogP contribution is 2.12. The van der Waals surface area contributed by atoms with Gasteiger partial charge >= 0.3 is 0 Å². The Morgan fingerprint density at radius 3 is 2.60 bits per heavy atom. The zero-order valence-corrected chi connectivity index (χ0v) is 18.4. The van der Waals surface area contributed by atoms with E-state index in [1.807, 2.05) is 44.2 Å². The van der Waals surface area contributed by atoms with Crippen LogP contribution >= 0.6 is 12.2 Å². The van der Waals surface area contributed by atoms with Crippen LogP contribution in [0.15, 0.2) is 35.3 Å². The van der Waals surface area contributed by atoms with Crippen molar-refractivity contribution in [3.05, 3.63) is 47.3 Å². The molecule has 0 radical (unpaired) electrons. The number of nitrogens with zero attached hydrogens (tertiary/aromatic N) is 3. The quantitative estimate of drug-likeness (QED) is 0.367. The molecule has 0 bridgehead atoms. The Morgan fingerprint density at radius 1 is 1.23 bits per heavy atom. The van der Waals surface area contributed by atoms with E-state index in [1.54, 1.807) is 7.11 Å². The van der Waals surface area contributed by atoms with E-state index in [4.69, 9.17) is 21.7 Å². The van der Waals surface area contributed by atoms with Gasteiger partial charge in [0.1, 0.15) is 5.75 Å². The molecule has 0 aliphatic carbocycles. The third kappa shape index (κ3) is 6.93. The van der Waals surface area contributed by atoms with Gasteiger partial charge in [-0.15, -0.1) is 0 Å². The van der Waals surface area contributed by atoms with Crippen LogP contribution in [0, 0.1) is 13.8 Å². The highest BCUT2D eigenvalue weighted by molar-refractivity contribution is 7.80. The van der Waals surface area contributed by atoms with Crippen LogP contribution in [0.1, 0.15) is 29.8 Å². The first-order valence-electron chi connectivity index (χ1n) is 9.95. The summed E-state index contributed by atoms with van der Waals surface area (Å²) in [5.74, 6) is 1.75. The molecule has 2 aromatic rings. The Kier molecular flexibility index (Phi) is 7.92. The number of anilines is 1. The van der Waals surface area contributed by atoms with Crippen molar-refractivity contribution in [3.63, 3.8) is 0 Å².